The average molecular weight is 245 g/mol. The molecule has 0 atom stereocenters. The summed E-state index contributed by atoms with van der Waals surface area (Å²) < 4.78 is 0. The van der Waals surface area contributed by atoms with Gasteiger partial charge in [0.15, 0.2) is 5.82 Å². The fourth-order valence-electron chi connectivity index (χ4n) is 2.13. The lowest BCUT2D eigenvalue weighted by Gasteiger charge is -2.27. The van der Waals surface area contributed by atoms with Crippen LogP contribution >= 0.6 is 11.3 Å². The van der Waals surface area contributed by atoms with E-state index in [-0.39, 0.29) is 0 Å². The third kappa shape index (κ3) is 1.93. The first-order chi connectivity index (χ1) is 8.24. The number of rotatable bonds is 1. The highest BCUT2D eigenvalue weighted by Gasteiger charge is 2.18. The maximum atomic E-state index is 4.30. The van der Waals surface area contributed by atoms with Crippen LogP contribution in [0.25, 0.3) is 0 Å². The number of nitrogens with zero attached hydrogens (tertiary/aromatic N) is 3. The molecule has 0 N–H and O–H groups in total. The van der Waals surface area contributed by atoms with Gasteiger partial charge in [-0.1, -0.05) is 0 Å². The van der Waals surface area contributed by atoms with Crippen LogP contribution in [0.1, 0.15) is 21.7 Å². The third-order valence-corrected chi connectivity index (χ3v) is 4.37. The van der Waals surface area contributed by atoms with Gasteiger partial charge in [0.1, 0.15) is 0 Å². The minimum atomic E-state index is 0.968. The summed E-state index contributed by atoms with van der Waals surface area (Å²) >= 11 is 1.87. The molecule has 4 heteroatoms. The van der Waals surface area contributed by atoms with Crippen molar-refractivity contribution in [3.05, 3.63) is 39.2 Å². The summed E-state index contributed by atoms with van der Waals surface area (Å²) in [5.74, 6) is 1.00. The van der Waals surface area contributed by atoms with E-state index in [1.807, 2.05) is 18.3 Å². The van der Waals surface area contributed by atoms with Crippen LogP contribution in [0.2, 0.25) is 0 Å². The van der Waals surface area contributed by atoms with Crippen LogP contribution in [0, 0.1) is 13.8 Å². The predicted octanol–water partition coefficient (Wildman–Crippen LogP) is 2.72. The van der Waals surface area contributed by atoms with E-state index in [2.05, 4.69) is 39.5 Å². The number of aryl methyl sites for hydroxylation is 2. The lowest BCUT2D eigenvalue weighted by molar-refractivity contribution is 0.720. The van der Waals surface area contributed by atoms with Crippen molar-refractivity contribution < 1.29 is 0 Å². The van der Waals surface area contributed by atoms with Crippen LogP contribution in [-0.4, -0.2) is 16.7 Å². The largest absolute Gasteiger partial charge is 0.350 e. The van der Waals surface area contributed by atoms with Crippen LogP contribution in [0.4, 0.5) is 5.82 Å². The SMILES string of the molecule is Cc1cc(N2CCc3sccc3C2)nnc1C. The maximum absolute atomic E-state index is 4.30. The quantitative estimate of drug-likeness (QED) is 0.773. The Balaban J connectivity index is 1.89. The number of anilines is 1. The van der Waals surface area contributed by atoms with E-state index in [9.17, 15) is 0 Å². The summed E-state index contributed by atoms with van der Waals surface area (Å²) in [4.78, 5) is 3.84. The summed E-state index contributed by atoms with van der Waals surface area (Å²) in [7, 11) is 0. The molecule has 0 saturated carbocycles. The van der Waals surface area contributed by atoms with E-state index < -0.39 is 0 Å². The monoisotopic (exact) mass is 245 g/mol. The van der Waals surface area contributed by atoms with Gasteiger partial charge in [0.2, 0.25) is 0 Å². The molecule has 3 heterocycles. The molecule has 0 aromatic carbocycles. The van der Waals surface area contributed by atoms with E-state index in [1.165, 1.54) is 16.0 Å². The van der Waals surface area contributed by atoms with Crippen molar-refractivity contribution in [2.45, 2.75) is 26.8 Å². The van der Waals surface area contributed by atoms with Gasteiger partial charge in [-0.3, -0.25) is 0 Å². The van der Waals surface area contributed by atoms with Crippen molar-refractivity contribution in [2.24, 2.45) is 0 Å². The zero-order valence-electron chi connectivity index (χ0n) is 10.1. The van der Waals surface area contributed by atoms with Crippen molar-refractivity contribution in [3.63, 3.8) is 0 Å². The number of hydrogen-bond acceptors (Lipinski definition) is 4. The molecule has 0 spiro atoms. The third-order valence-electron chi connectivity index (χ3n) is 3.35. The fraction of sp³-hybridized carbons (Fsp3) is 0.385. The molecule has 1 aliphatic heterocycles. The Bertz CT molecular complexity index is 547. The Labute approximate surface area is 105 Å². The van der Waals surface area contributed by atoms with Gasteiger partial charge in [-0.2, -0.15) is 5.10 Å². The van der Waals surface area contributed by atoms with Crippen LogP contribution in [0.5, 0.6) is 0 Å². The molecule has 88 valence electrons. The summed E-state index contributed by atoms with van der Waals surface area (Å²) in [6.45, 7) is 6.10. The zero-order valence-corrected chi connectivity index (χ0v) is 10.9. The average Bonchev–Trinajstić information content (AvgIpc) is 2.79. The first-order valence-corrected chi connectivity index (χ1v) is 6.73. The number of thiophene rings is 1. The second kappa shape index (κ2) is 4.11. The minimum Gasteiger partial charge on any atom is -0.350 e. The Hall–Kier alpha value is -1.42. The molecule has 0 fully saturated rings. The second-order valence-corrected chi connectivity index (χ2v) is 5.51. The van der Waals surface area contributed by atoms with E-state index in [4.69, 9.17) is 0 Å². The Morgan fingerprint density at radius 1 is 1.29 bits per heavy atom. The van der Waals surface area contributed by atoms with Crippen molar-refractivity contribution >= 4 is 17.2 Å². The summed E-state index contributed by atoms with van der Waals surface area (Å²) in [6.07, 6.45) is 1.13. The van der Waals surface area contributed by atoms with Crippen molar-refractivity contribution in [1.82, 2.24) is 10.2 Å². The molecule has 0 amide bonds. The fourth-order valence-corrected chi connectivity index (χ4v) is 3.02. The van der Waals surface area contributed by atoms with E-state index in [0.717, 1.165) is 31.0 Å². The molecule has 3 rings (SSSR count). The van der Waals surface area contributed by atoms with Crippen LogP contribution in [0.3, 0.4) is 0 Å². The molecule has 0 unspecified atom stereocenters. The first-order valence-electron chi connectivity index (χ1n) is 5.85. The Morgan fingerprint density at radius 3 is 3.00 bits per heavy atom. The second-order valence-electron chi connectivity index (χ2n) is 4.51. The van der Waals surface area contributed by atoms with Crippen molar-refractivity contribution in [1.29, 1.82) is 0 Å². The molecule has 17 heavy (non-hydrogen) atoms. The summed E-state index contributed by atoms with van der Waals surface area (Å²) in [6, 6.07) is 4.36. The van der Waals surface area contributed by atoms with Gasteiger partial charge in [0.25, 0.3) is 0 Å². The summed E-state index contributed by atoms with van der Waals surface area (Å²) in [5.41, 5.74) is 3.68. The van der Waals surface area contributed by atoms with Gasteiger partial charge in [-0.15, -0.1) is 16.4 Å². The molecule has 1 aliphatic rings. The first kappa shape index (κ1) is 10.7. The molecule has 2 aromatic rings. The number of fused-ring (bicyclic) bond motifs is 1. The normalized spacial score (nSPS) is 14.8. The molecule has 0 aliphatic carbocycles. The topological polar surface area (TPSA) is 29.0 Å². The van der Waals surface area contributed by atoms with Gasteiger partial charge in [0.05, 0.1) is 5.69 Å². The molecule has 0 bridgehead atoms. The standard InChI is InChI=1S/C13H15N3S/c1-9-7-13(15-14-10(9)2)16-5-3-12-11(8-16)4-6-17-12/h4,6-7H,3,5,8H2,1-2H3. The zero-order chi connectivity index (χ0) is 11.8. The van der Waals surface area contributed by atoms with Crippen molar-refractivity contribution in [2.75, 3.05) is 11.4 Å². The predicted molar refractivity (Wildman–Crippen MR) is 70.6 cm³/mol. The molecule has 0 radical (unpaired) electrons. The van der Waals surface area contributed by atoms with Gasteiger partial charge >= 0.3 is 0 Å². The highest BCUT2D eigenvalue weighted by atomic mass is 32.1. The van der Waals surface area contributed by atoms with Gasteiger partial charge in [-0.25, -0.2) is 0 Å². The highest BCUT2D eigenvalue weighted by molar-refractivity contribution is 7.10. The molecule has 0 saturated heterocycles. The molecular weight excluding hydrogens is 230 g/mol. The smallest absolute Gasteiger partial charge is 0.151 e. The van der Waals surface area contributed by atoms with Crippen LogP contribution in [-0.2, 0) is 13.0 Å². The van der Waals surface area contributed by atoms with Gasteiger partial charge < -0.3 is 4.90 Å². The molecule has 3 nitrogen and oxygen atoms in total. The van der Waals surface area contributed by atoms with E-state index >= 15 is 0 Å². The van der Waals surface area contributed by atoms with Gasteiger partial charge in [-0.05, 0) is 48.9 Å². The summed E-state index contributed by atoms with van der Waals surface area (Å²) in [5, 5.41) is 10.7. The lowest BCUT2D eigenvalue weighted by Crippen LogP contribution is -2.30. The van der Waals surface area contributed by atoms with E-state index in [1.54, 1.807) is 0 Å². The lowest BCUT2D eigenvalue weighted by atomic mass is 10.1. The van der Waals surface area contributed by atoms with Gasteiger partial charge in [0, 0.05) is 18.0 Å². The maximum Gasteiger partial charge on any atom is 0.151 e. The minimum absolute atomic E-state index is 0.968. The Kier molecular flexibility index (Phi) is 2.59. The van der Waals surface area contributed by atoms with Crippen LogP contribution < -0.4 is 4.90 Å². The number of hydrogen-bond donors (Lipinski definition) is 0. The van der Waals surface area contributed by atoms with Crippen molar-refractivity contribution in [3.8, 4) is 0 Å². The van der Waals surface area contributed by atoms with Crippen LogP contribution in [0.15, 0.2) is 17.5 Å². The number of aromatic nitrogens is 2. The Morgan fingerprint density at radius 2 is 2.18 bits per heavy atom. The molecule has 2 aromatic heterocycles. The van der Waals surface area contributed by atoms with E-state index in [0.29, 0.717) is 0 Å². The molecular formula is C13H15N3S. The highest BCUT2D eigenvalue weighted by Crippen LogP contribution is 2.26.